The van der Waals surface area contributed by atoms with Gasteiger partial charge in [-0.2, -0.15) is 0 Å². The summed E-state index contributed by atoms with van der Waals surface area (Å²) in [6.07, 6.45) is 6.47. The molecule has 1 saturated heterocycles. The van der Waals surface area contributed by atoms with Crippen LogP contribution >= 0.6 is 11.3 Å². The van der Waals surface area contributed by atoms with Gasteiger partial charge in [0.05, 0.1) is 11.6 Å². The summed E-state index contributed by atoms with van der Waals surface area (Å²) in [5.41, 5.74) is 3.38. The fourth-order valence-corrected chi connectivity index (χ4v) is 5.78. The first-order valence-electron chi connectivity index (χ1n) is 12.6. The number of hydrogen-bond acceptors (Lipinski definition) is 6. The molecular weight excluding hydrogens is 462 g/mol. The fraction of sp³-hybridized carbons (Fsp3) is 0.538. The van der Waals surface area contributed by atoms with E-state index in [-0.39, 0.29) is 23.6 Å². The number of nitrogens with zero attached hydrogens (tertiary/aromatic N) is 2. The normalized spacial score (nSPS) is 20.3. The molecule has 4 rings (SSSR count). The summed E-state index contributed by atoms with van der Waals surface area (Å²) in [4.78, 5) is 46.0. The van der Waals surface area contributed by atoms with Crippen LogP contribution < -0.4 is 16.0 Å². The molecule has 3 amide bonds. The minimum absolute atomic E-state index is 0.0970. The lowest BCUT2D eigenvalue weighted by atomic mass is 9.83. The fourth-order valence-electron chi connectivity index (χ4n) is 5.07. The number of carbonyl (C=O) groups is 3. The zero-order chi connectivity index (χ0) is 24.8. The third-order valence-electron chi connectivity index (χ3n) is 7.20. The quantitative estimate of drug-likeness (QED) is 0.519. The van der Waals surface area contributed by atoms with Crippen LogP contribution in [0.5, 0.6) is 0 Å². The third kappa shape index (κ3) is 5.90. The van der Waals surface area contributed by atoms with Crippen LogP contribution in [0.3, 0.4) is 0 Å². The maximum Gasteiger partial charge on any atom is 0.247 e. The van der Waals surface area contributed by atoms with E-state index in [2.05, 4.69) is 20.9 Å². The molecule has 2 fully saturated rings. The van der Waals surface area contributed by atoms with Crippen LogP contribution in [0.15, 0.2) is 35.8 Å². The molecule has 0 radical (unpaired) electrons. The molecule has 3 N–H and O–H groups in total. The molecule has 1 aliphatic heterocycles. The summed E-state index contributed by atoms with van der Waals surface area (Å²) in [6.45, 7) is 2.30. The van der Waals surface area contributed by atoms with E-state index in [4.69, 9.17) is 0 Å². The Labute approximate surface area is 210 Å². The van der Waals surface area contributed by atoms with E-state index in [0.717, 1.165) is 49.8 Å². The standard InChI is InChI=1S/C26H35N5O3S/c1-17(27-2)23(32)29-22(19-12-7-4-8-13-19)26(34)31-15-9-14-20(31)24(33)30-25-21(28-16-35-25)18-10-5-3-6-11-18/h3,5-6,10-11,16-17,19-20,22,27H,4,7-9,12-15H2,1-2H3,(H,29,32)(H,30,33)/t17-,20-,22-/m0/s1. The van der Waals surface area contributed by atoms with Gasteiger partial charge in [-0.05, 0) is 45.6 Å². The smallest absolute Gasteiger partial charge is 0.247 e. The molecule has 0 spiro atoms. The monoisotopic (exact) mass is 497 g/mol. The summed E-state index contributed by atoms with van der Waals surface area (Å²) in [7, 11) is 1.73. The SMILES string of the molecule is CN[C@@H](C)C(=O)N[C@H](C(=O)N1CCC[C@H]1C(=O)Nc1scnc1-c1ccccc1)C1CCCCC1. The topological polar surface area (TPSA) is 103 Å². The number of anilines is 1. The lowest BCUT2D eigenvalue weighted by Crippen LogP contribution is -2.57. The van der Waals surface area contributed by atoms with Crippen molar-refractivity contribution < 1.29 is 14.4 Å². The Balaban J connectivity index is 1.50. The Morgan fingerprint density at radius 2 is 1.80 bits per heavy atom. The largest absolute Gasteiger partial charge is 0.343 e. The van der Waals surface area contributed by atoms with E-state index < -0.39 is 18.1 Å². The molecule has 1 aromatic heterocycles. The summed E-state index contributed by atoms with van der Waals surface area (Å²) < 4.78 is 0. The highest BCUT2D eigenvalue weighted by Crippen LogP contribution is 2.32. The molecule has 1 aromatic carbocycles. The minimum atomic E-state index is -0.602. The van der Waals surface area contributed by atoms with E-state index in [9.17, 15) is 14.4 Å². The van der Waals surface area contributed by atoms with Crippen molar-refractivity contribution >= 4 is 34.1 Å². The molecule has 0 unspecified atom stereocenters. The van der Waals surface area contributed by atoms with Crippen LogP contribution in [0.25, 0.3) is 11.3 Å². The van der Waals surface area contributed by atoms with Crippen molar-refractivity contribution in [3.05, 3.63) is 35.8 Å². The third-order valence-corrected chi connectivity index (χ3v) is 7.94. The number of carbonyl (C=O) groups excluding carboxylic acids is 3. The molecule has 35 heavy (non-hydrogen) atoms. The van der Waals surface area contributed by atoms with Crippen molar-refractivity contribution in [2.45, 2.75) is 70.0 Å². The summed E-state index contributed by atoms with van der Waals surface area (Å²) in [5, 5.41) is 9.67. The van der Waals surface area contributed by atoms with Crippen molar-refractivity contribution in [3.8, 4) is 11.3 Å². The summed E-state index contributed by atoms with van der Waals surface area (Å²) in [5.74, 6) is -0.429. The second kappa shape index (κ2) is 11.8. The van der Waals surface area contributed by atoms with Crippen molar-refractivity contribution in [3.63, 3.8) is 0 Å². The predicted octanol–water partition coefficient (Wildman–Crippen LogP) is 3.41. The van der Waals surface area contributed by atoms with Gasteiger partial charge in [-0.3, -0.25) is 14.4 Å². The number of amides is 3. The minimum Gasteiger partial charge on any atom is -0.343 e. The maximum atomic E-state index is 13.8. The van der Waals surface area contributed by atoms with E-state index in [1.54, 1.807) is 24.4 Å². The van der Waals surface area contributed by atoms with Crippen molar-refractivity contribution in [1.29, 1.82) is 0 Å². The maximum absolute atomic E-state index is 13.8. The average molecular weight is 498 g/mol. The summed E-state index contributed by atoms with van der Waals surface area (Å²) in [6, 6.07) is 8.18. The Kier molecular flexibility index (Phi) is 8.51. The van der Waals surface area contributed by atoms with Gasteiger partial charge in [-0.25, -0.2) is 4.98 Å². The van der Waals surface area contributed by atoms with Crippen LogP contribution in [-0.4, -0.2) is 59.3 Å². The number of benzene rings is 1. The van der Waals surface area contributed by atoms with Gasteiger partial charge in [-0.1, -0.05) is 49.6 Å². The van der Waals surface area contributed by atoms with Gasteiger partial charge in [0.15, 0.2) is 0 Å². The van der Waals surface area contributed by atoms with Gasteiger partial charge in [0, 0.05) is 12.1 Å². The lowest BCUT2D eigenvalue weighted by molar-refractivity contribution is -0.142. The van der Waals surface area contributed by atoms with E-state index >= 15 is 0 Å². The molecular formula is C26H35N5O3S. The van der Waals surface area contributed by atoms with Gasteiger partial charge < -0.3 is 20.9 Å². The van der Waals surface area contributed by atoms with Gasteiger partial charge in [-0.15, -0.1) is 11.3 Å². The van der Waals surface area contributed by atoms with Crippen LogP contribution in [0.1, 0.15) is 51.9 Å². The van der Waals surface area contributed by atoms with E-state index in [1.165, 1.54) is 11.3 Å². The molecule has 0 bridgehead atoms. The average Bonchev–Trinajstić information content (AvgIpc) is 3.57. The van der Waals surface area contributed by atoms with Crippen molar-refractivity contribution in [1.82, 2.24) is 20.5 Å². The number of aromatic nitrogens is 1. The van der Waals surface area contributed by atoms with Crippen LogP contribution in [0, 0.1) is 5.92 Å². The van der Waals surface area contributed by atoms with Gasteiger partial charge in [0.25, 0.3) is 0 Å². The number of likely N-dealkylation sites (N-methyl/N-ethyl adjacent to an activating group) is 1. The van der Waals surface area contributed by atoms with Crippen LogP contribution in [0.2, 0.25) is 0 Å². The molecule has 2 aliphatic rings. The van der Waals surface area contributed by atoms with Crippen molar-refractivity contribution in [2.75, 3.05) is 18.9 Å². The molecule has 9 heteroatoms. The Morgan fingerprint density at radius 1 is 1.06 bits per heavy atom. The van der Waals surface area contributed by atoms with Gasteiger partial charge in [0.2, 0.25) is 17.7 Å². The second-order valence-corrected chi connectivity index (χ2v) is 10.3. The Bertz CT molecular complexity index is 1020. The Hall–Kier alpha value is -2.78. The molecule has 2 heterocycles. The van der Waals surface area contributed by atoms with E-state index in [0.29, 0.717) is 18.0 Å². The number of hydrogen-bond donors (Lipinski definition) is 3. The second-order valence-electron chi connectivity index (χ2n) is 9.47. The molecule has 188 valence electrons. The number of thiazole rings is 1. The summed E-state index contributed by atoms with van der Waals surface area (Å²) >= 11 is 1.37. The highest BCUT2D eigenvalue weighted by atomic mass is 32.1. The molecule has 8 nitrogen and oxygen atoms in total. The Morgan fingerprint density at radius 3 is 2.51 bits per heavy atom. The first-order valence-corrected chi connectivity index (χ1v) is 13.5. The molecule has 2 aromatic rings. The number of likely N-dealkylation sites (tertiary alicyclic amines) is 1. The van der Waals surface area contributed by atoms with Crippen molar-refractivity contribution in [2.24, 2.45) is 5.92 Å². The van der Waals surface area contributed by atoms with Gasteiger partial charge in [0.1, 0.15) is 22.8 Å². The van der Waals surface area contributed by atoms with Crippen LogP contribution in [0.4, 0.5) is 5.00 Å². The first kappa shape index (κ1) is 25.3. The van der Waals surface area contributed by atoms with E-state index in [1.807, 2.05) is 30.3 Å². The highest BCUT2D eigenvalue weighted by molar-refractivity contribution is 7.14. The predicted molar refractivity (Wildman–Crippen MR) is 138 cm³/mol. The highest BCUT2D eigenvalue weighted by Gasteiger charge is 2.41. The zero-order valence-corrected chi connectivity index (χ0v) is 21.3. The van der Waals surface area contributed by atoms with Gasteiger partial charge >= 0.3 is 0 Å². The molecule has 1 aliphatic carbocycles. The number of rotatable bonds is 8. The number of nitrogens with one attached hydrogen (secondary N) is 3. The zero-order valence-electron chi connectivity index (χ0n) is 20.5. The molecule has 1 saturated carbocycles. The van der Waals surface area contributed by atoms with Crippen LogP contribution in [-0.2, 0) is 14.4 Å². The lowest BCUT2D eigenvalue weighted by Gasteiger charge is -2.35. The molecule has 3 atom stereocenters. The first-order chi connectivity index (χ1) is 17.0.